The van der Waals surface area contributed by atoms with Crippen LogP contribution >= 0.6 is 12.4 Å². The smallest absolute Gasteiger partial charge is 0.173 e. The van der Waals surface area contributed by atoms with Gasteiger partial charge < -0.3 is 9.64 Å². The van der Waals surface area contributed by atoms with Crippen LogP contribution in [0.1, 0.15) is 29.9 Å². The van der Waals surface area contributed by atoms with E-state index in [1.54, 1.807) is 7.11 Å². The number of nitrogens with zero attached hydrogens (tertiary/aromatic N) is 6. The molecule has 1 saturated heterocycles. The molecule has 4 rings (SSSR count). The zero-order valence-electron chi connectivity index (χ0n) is 17.8. The molecule has 1 unspecified atom stereocenters. The minimum Gasteiger partial charge on any atom is -0.497 e. The number of hydrogen-bond donors (Lipinski definition) is 0. The Bertz CT molecular complexity index is 941. The van der Waals surface area contributed by atoms with Crippen molar-refractivity contribution in [3.05, 3.63) is 71.3 Å². The van der Waals surface area contributed by atoms with Crippen LogP contribution in [0.4, 0.5) is 4.39 Å². The van der Waals surface area contributed by atoms with Crippen LogP contribution in [0.15, 0.2) is 48.5 Å². The fourth-order valence-electron chi connectivity index (χ4n) is 3.93. The first-order valence-corrected chi connectivity index (χ1v) is 10.3. The molecule has 1 aliphatic heterocycles. The van der Waals surface area contributed by atoms with E-state index in [0.717, 1.165) is 55.4 Å². The Labute approximate surface area is 188 Å². The summed E-state index contributed by atoms with van der Waals surface area (Å²) in [5, 5.41) is 12.6. The Kier molecular flexibility index (Phi) is 7.95. The van der Waals surface area contributed by atoms with Gasteiger partial charge in [0.2, 0.25) is 0 Å². The molecule has 0 bridgehead atoms. The number of benzene rings is 2. The van der Waals surface area contributed by atoms with Gasteiger partial charge in [0.15, 0.2) is 5.82 Å². The zero-order chi connectivity index (χ0) is 20.9. The maximum Gasteiger partial charge on any atom is 0.173 e. The lowest BCUT2D eigenvalue weighted by Crippen LogP contribution is -2.48. The van der Waals surface area contributed by atoms with E-state index in [9.17, 15) is 4.39 Å². The normalized spacial score (nSPS) is 16.0. The molecule has 1 atom stereocenters. The molecule has 3 aromatic rings. The average Bonchev–Trinajstić information content (AvgIpc) is 3.24. The predicted molar refractivity (Wildman–Crippen MR) is 119 cm³/mol. The highest BCUT2D eigenvalue weighted by molar-refractivity contribution is 5.85. The Morgan fingerprint density at radius 2 is 1.68 bits per heavy atom. The largest absolute Gasteiger partial charge is 0.497 e. The molecular weight excluding hydrogens is 419 g/mol. The Hall–Kier alpha value is -2.55. The van der Waals surface area contributed by atoms with Gasteiger partial charge in [0.25, 0.3) is 0 Å². The van der Waals surface area contributed by atoms with Gasteiger partial charge in [-0.05, 0) is 52.4 Å². The minimum absolute atomic E-state index is 0. The maximum absolute atomic E-state index is 13.6. The van der Waals surface area contributed by atoms with Crippen LogP contribution < -0.4 is 4.74 Å². The van der Waals surface area contributed by atoms with Crippen LogP contribution in [0, 0.1) is 5.82 Å². The molecule has 2 aromatic carbocycles. The maximum atomic E-state index is 13.6. The van der Waals surface area contributed by atoms with Crippen molar-refractivity contribution in [3.8, 4) is 5.75 Å². The number of ether oxygens (including phenoxy) is 1. The van der Waals surface area contributed by atoms with E-state index in [-0.39, 0.29) is 24.3 Å². The van der Waals surface area contributed by atoms with Crippen molar-refractivity contribution in [2.24, 2.45) is 0 Å². The van der Waals surface area contributed by atoms with Crippen molar-refractivity contribution in [1.29, 1.82) is 0 Å². The lowest BCUT2D eigenvalue weighted by molar-refractivity contribution is 0.108. The molecule has 9 heteroatoms. The van der Waals surface area contributed by atoms with Crippen molar-refractivity contribution in [1.82, 2.24) is 30.0 Å². The fourth-order valence-corrected chi connectivity index (χ4v) is 3.93. The SMILES string of the molecule is CCN1CCN(C(c2ccc(F)cc2)c2nnnn2Cc2ccc(OC)cc2)CC1.Cl. The van der Waals surface area contributed by atoms with Crippen molar-refractivity contribution in [3.63, 3.8) is 0 Å². The third-order valence-corrected chi connectivity index (χ3v) is 5.70. The first-order valence-electron chi connectivity index (χ1n) is 10.3. The van der Waals surface area contributed by atoms with E-state index in [0.29, 0.717) is 6.54 Å². The third-order valence-electron chi connectivity index (χ3n) is 5.70. The number of methoxy groups -OCH3 is 1. The molecule has 1 aliphatic rings. The standard InChI is InChI=1S/C22H27FN6O.ClH/c1-3-27-12-14-28(15-13-27)21(18-6-8-19(23)9-7-18)22-24-25-26-29(22)16-17-4-10-20(30-2)11-5-17;/h4-11,21H,3,12-16H2,1-2H3;1H. The van der Waals surface area contributed by atoms with Crippen LogP contribution in [0.3, 0.4) is 0 Å². The number of halogens is 2. The highest BCUT2D eigenvalue weighted by Gasteiger charge is 2.30. The Morgan fingerprint density at radius 3 is 2.29 bits per heavy atom. The number of piperazine rings is 1. The van der Waals surface area contributed by atoms with Crippen molar-refractivity contribution in [2.45, 2.75) is 19.5 Å². The highest BCUT2D eigenvalue weighted by Crippen LogP contribution is 2.28. The summed E-state index contributed by atoms with van der Waals surface area (Å²) in [6.45, 7) is 7.59. The van der Waals surface area contributed by atoms with E-state index >= 15 is 0 Å². The number of hydrogen-bond acceptors (Lipinski definition) is 6. The quantitative estimate of drug-likeness (QED) is 0.556. The van der Waals surface area contributed by atoms with Crippen LogP contribution in [0.5, 0.6) is 5.75 Å². The molecule has 0 amide bonds. The van der Waals surface area contributed by atoms with Crippen LogP contribution in [-0.2, 0) is 6.54 Å². The molecule has 0 spiro atoms. The van der Waals surface area contributed by atoms with Crippen LogP contribution in [0.2, 0.25) is 0 Å². The summed E-state index contributed by atoms with van der Waals surface area (Å²) in [6.07, 6.45) is 0. The lowest BCUT2D eigenvalue weighted by Gasteiger charge is -2.38. The van der Waals surface area contributed by atoms with Gasteiger partial charge in [-0.25, -0.2) is 9.07 Å². The molecule has 1 fully saturated rings. The van der Waals surface area contributed by atoms with Crippen molar-refractivity contribution in [2.75, 3.05) is 39.8 Å². The predicted octanol–water partition coefficient (Wildman–Crippen LogP) is 3.02. The summed E-state index contributed by atoms with van der Waals surface area (Å²) >= 11 is 0. The highest BCUT2D eigenvalue weighted by atomic mass is 35.5. The van der Waals surface area contributed by atoms with E-state index < -0.39 is 0 Å². The lowest BCUT2D eigenvalue weighted by atomic mass is 10.0. The summed E-state index contributed by atoms with van der Waals surface area (Å²) in [6, 6.07) is 14.4. The van der Waals surface area contributed by atoms with Gasteiger partial charge in [0.05, 0.1) is 19.7 Å². The second kappa shape index (κ2) is 10.7. The second-order valence-electron chi connectivity index (χ2n) is 7.47. The molecule has 0 N–H and O–H groups in total. The van der Waals surface area contributed by atoms with Crippen molar-refractivity contribution < 1.29 is 9.13 Å². The number of likely N-dealkylation sites (N-methyl/N-ethyl adjacent to an activating group) is 1. The van der Waals surface area contributed by atoms with E-state index in [4.69, 9.17) is 4.74 Å². The molecule has 166 valence electrons. The van der Waals surface area contributed by atoms with Crippen molar-refractivity contribution >= 4 is 12.4 Å². The molecule has 2 heterocycles. The Morgan fingerprint density at radius 1 is 1.00 bits per heavy atom. The monoisotopic (exact) mass is 446 g/mol. The fraction of sp³-hybridized carbons (Fsp3) is 0.409. The van der Waals surface area contributed by atoms with Gasteiger partial charge in [0.1, 0.15) is 11.6 Å². The third kappa shape index (κ3) is 5.39. The van der Waals surface area contributed by atoms with Gasteiger partial charge in [0, 0.05) is 26.2 Å². The molecule has 31 heavy (non-hydrogen) atoms. The first-order chi connectivity index (χ1) is 14.7. The van der Waals surface area contributed by atoms with Gasteiger partial charge in [-0.15, -0.1) is 17.5 Å². The second-order valence-corrected chi connectivity index (χ2v) is 7.47. The van der Waals surface area contributed by atoms with E-state index in [1.165, 1.54) is 12.1 Å². The summed E-state index contributed by atoms with van der Waals surface area (Å²) in [7, 11) is 1.65. The summed E-state index contributed by atoms with van der Waals surface area (Å²) < 4.78 is 20.7. The average molecular weight is 447 g/mol. The number of rotatable bonds is 7. The van der Waals surface area contributed by atoms with E-state index in [2.05, 4.69) is 32.2 Å². The molecule has 1 aromatic heterocycles. The van der Waals surface area contributed by atoms with Gasteiger partial charge >= 0.3 is 0 Å². The number of tetrazole rings is 1. The zero-order valence-corrected chi connectivity index (χ0v) is 18.6. The van der Waals surface area contributed by atoms with Gasteiger partial charge in [-0.2, -0.15) is 0 Å². The van der Waals surface area contributed by atoms with Gasteiger partial charge in [-0.1, -0.05) is 31.2 Å². The molecule has 0 aliphatic carbocycles. The van der Waals surface area contributed by atoms with Crippen LogP contribution in [-0.4, -0.2) is 69.8 Å². The molecular formula is C22H28ClFN6O. The topological polar surface area (TPSA) is 59.3 Å². The van der Waals surface area contributed by atoms with Crippen LogP contribution in [0.25, 0.3) is 0 Å². The summed E-state index contributed by atoms with van der Waals surface area (Å²) in [5.41, 5.74) is 2.07. The van der Waals surface area contributed by atoms with E-state index in [1.807, 2.05) is 41.1 Å². The molecule has 0 radical (unpaired) electrons. The van der Waals surface area contributed by atoms with Gasteiger partial charge in [-0.3, -0.25) is 4.90 Å². The number of aromatic nitrogens is 4. The molecule has 0 saturated carbocycles. The molecule has 7 nitrogen and oxygen atoms in total. The summed E-state index contributed by atoms with van der Waals surface area (Å²) in [4.78, 5) is 4.81. The summed E-state index contributed by atoms with van der Waals surface area (Å²) in [5.74, 6) is 1.34. The Balaban J connectivity index is 0.00000272. The first kappa shape index (κ1) is 23.1. The minimum atomic E-state index is -0.244.